The van der Waals surface area contributed by atoms with E-state index in [4.69, 9.17) is 4.74 Å². The number of esters is 1. The molecule has 1 N–H and O–H groups in total. The first-order valence-corrected chi connectivity index (χ1v) is 9.20. The van der Waals surface area contributed by atoms with Crippen LogP contribution in [0.3, 0.4) is 0 Å². The molecule has 0 saturated carbocycles. The summed E-state index contributed by atoms with van der Waals surface area (Å²) in [7, 11) is 1.62. The predicted octanol–water partition coefficient (Wildman–Crippen LogP) is 3.04. The number of anilines is 1. The van der Waals surface area contributed by atoms with Gasteiger partial charge in [0.15, 0.2) is 6.10 Å². The fourth-order valence-corrected chi connectivity index (χ4v) is 2.66. The van der Waals surface area contributed by atoms with Crippen LogP contribution in [-0.4, -0.2) is 37.0 Å². The summed E-state index contributed by atoms with van der Waals surface area (Å²) in [6, 6.07) is 16.9. The van der Waals surface area contributed by atoms with Crippen molar-refractivity contribution in [1.29, 1.82) is 0 Å². The lowest BCUT2D eigenvalue weighted by molar-refractivity contribution is -0.156. The second-order valence-electron chi connectivity index (χ2n) is 6.87. The third-order valence-electron chi connectivity index (χ3n) is 4.36. The molecule has 148 valence electrons. The van der Waals surface area contributed by atoms with E-state index in [1.807, 2.05) is 24.3 Å². The minimum Gasteiger partial charge on any atom is -0.451 e. The van der Waals surface area contributed by atoms with Gasteiger partial charge in [-0.3, -0.25) is 9.59 Å². The smallest absolute Gasteiger partial charge is 0.329 e. The molecule has 0 aromatic heterocycles. The van der Waals surface area contributed by atoms with Crippen LogP contribution >= 0.6 is 0 Å². The van der Waals surface area contributed by atoms with E-state index in [0.29, 0.717) is 11.3 Å². The molecular weight excluding hydrogens is 356 g/mol. The lowest BCUT2D eigenvalue weighted by atomic mass is 10.0. The van der Waals surface area contributed by atoms with E-state index in [1.54, 1.807) is 57.3 Å². The molecule has 0 spiro atoms. The SMILES string of the molecule is CC(C)[C@H](NC(=O)c1ccccc1)C(=O)O[C@@H](C)C(=O)N(C)c1ccccc1. The highest BCUT2D eigenvalue weighted by Crippen LogP contribution is 2.14. The number of nitrogens with zero attached hydrogens (tertiary/aromatic N) is 1. The van der Waals surface area contributed by atoms with Crippen molar-refractivity contribution in [2.75, 3.05) is 11.9 Å². The summed E-state index contributed by atoms with van der Waals surface area (Å²) in [4.78, 5) is 39.0. The normalized spacial score (nSPS) is 12.8. The van der Waals surface area contributed by atoms with Crippen molar-refractivity contribution in [2.24, 2.45) is 5.92 Å². The number of benzene rings is 2. The number of rotatable bonds is 7. The molecule has 0 fully saturated rings. The number of amides is 2. The zero-order valence-electron chi connectivity index (χ0n) is 16.6. The molecule has 2 aromatic rings. The fraction of sp³-hybridized carbons (Fsp3) is 0.318. The van der Waals surface area contributed by atoms with Gasteiger partial charge in [-0.25, -0.2) is 4.79 Å². The molecule has 0 aliphatic carbocycles. The molecule has 0 bridgehead atoms. The molecule has 28 heavy (non-hydrogen) atoms. The van der Waals surface area contributed by atoms with Gasteiger partial charge >= 0.3 is 5.97 Å². The Balaban J connectivity index is 2.03. The molecule has 6 heteroatoms. The van der Waals surface area contributed by atoms with Crippen LogP contribution in [0.1, 0.15) is 31.1 Å². The standard InChI is InChI=1S/C22H26N2O4/c1-15(2)19(23-20(25)17-11-7-5-8-12-17)22(27)28-16(3)21(26)24(4)18-13-9-6-10-14-18/h5-16,19H,1-4H3,(H,23,25)/t16-,19-/m0/s1. The maximum atomic E-state index is 12.6. The number of para-hydroxylation sites is 1. The molecule has 6 nitrogen and oxygen atoms in total. The van der Waals surface area contributed by atoms with Crippen LogP contribution in [0.2, 0.25) is 0 Å². The van der Waals surface area contributed by atoms with Crippen LogP contribution in [0.4, 0.5) is 5.69 Å². The van der Waals surface area contributed by atoms with Gasteiger partial charge in [0.2, 0.25) is 0 Å². The molecule has 2 rings (SSSR count). The maximum Gasteiger partial charge on any atom is 0.329 e. The quantitative estimate of drug-likeness (QED) is 0.747. The Morgan fingerprint density at radius 2 is 1.43 bits per heavy atom. The molecule has 0 heterocycles. The lowest BCUT2D eigenvalue weighted by Gasteiger charge is -2.25. The van der Waals surface area contributed by atoms with E-state index in [2.05, 4.69) is 5.32 Å². The molecule has 2 amide bonds. The highest BCUT2D eigenvalue weighted by molar-refractivity contribution is 5.99. The average Bonchev–Trinajstić information content (AvgIpc) is 2.71. The molecule has 0 unspecified atom stereocenters. The Bertz CT molecular complexity index is 806. The summed E-state index contributed by atoms with van der Waals surface area (Å²) in [5.74, 6) is -1.55. The van der Waals surface area contributed by atoms with Crippen molar-refractivity contribution < 1.29 is 19.1 Å². The van der Waals surface area contributed by atoms with E-state index in [-0.39, 0.29) is 17.7 Å². The molecule has 2 atom stereocenters. The number of carbonyl (C=O) groups excluding carboxylic acids is 3. The zero-order chi connectivity index (χ0) is 20.7. The lowest BCUT2D eigenvalue weighted by Crippen LogP contribution is -2.48. The van der Waals surface area contributed by atoms with Crippen molar-refractivity contribution >= 4 is 23.5 Å². The van der Waals surface area contributed by atoms with E-state index < -0.39 is 18.1 Å². The van der Waals surface area contributed by atoms with Crippen molar-refractivity contribution in [3.05, 3.63) is 66.2 Å². The van der Waals surface area contributed by atoms with Crippen molar-refractivity contribution in [1.82, 2.24) is 5.32 Å². The average molecular weight is 382 g/mol. The summed E-state index contributed by atoms with van der Waals surface area (Å²) in [5, 5.41) is 2.70. The molecule has 0 aliphatic heterocycles. The van der Waals surface area contributed by atoms with Gasteiger partial charge in [0.25, 0.3) is 11.8 Å². The number of carbonyl (C=O) groups is 3. The second-order valence-corrected chi connectivity index (χ2v) is 6.87. The van der Waals surface area contributed by atoms with Gasteiger partial charge in [-0.15, -0.1) is 0 Å². The fourth-order valence-electron chi connectivity index (χ4n) is 2.66. The van der Waals surface area contributed by atoms with Crippen molar-refractivity contribution in [2.45, 2.75) is 32.9 Å². The van der Waals surface area contributed by atoms with Gasteiger partial charge in [0, 0.05) is 18.3 Å². The highest BCUT2D eigenvalue weighted by atomic mass is 16.5. The van der Waals surface area contributed by atoms with Crippen LogP contribution in [0, 0.1) is 5.92 Å². The Hall–Kier alpha value is -3.15. The molecule has 0 saturated heterocycles. The van der Waals surface area contributed by atoms with E-state index in [1.165, 1.54) is 11.8 Å². The minimum atomic E-state index is -0.979. The predicted molar refractivity (Wildman–Crippen MR) is 108 cm³/mol. The number of hydrogen-bond donors (Lipinski definition) is 1. The van der Waals surface area contributed by atoms with Gasteiger partial charge in [-0.1, -0.05) is 50.2 Å². The number of ether oxygens (including phenoxy) is 1. The molecular formula is C22H26N2O4. The summed E-state index contributed by atoms with van der Waals surface area (Å²) in [6.45, 7) is 5.13. The second kappa shape index (κ2) is 9.69. The Morgan fingerprint density at radius 1 is 0.893 bits per heavy atom. The monoisotopic (exact) mass is 382 g/mol. The van der Waals surface area contributed by atoms with Gasteiger partial charge in [0.1, 0.15) is 6.04 Å². The molecule has 0 aliphatic rings. The first kappa shape index (κ1) is 21.2. The van der Waals surface area contributed by atoms with Crippen LogP contribution in [-0.2, 0) is 14.3 Å². The molecule has 0 radical (unpaired) electrons. The van der Waals surface area contributed by atoms with Crippen LogP contribution in [0.15, 0.2) is 60.7 Å². The van der Waals surface area contributed by atoms with Crippen LogP contribution in [0.5, 0.6) is 0 Å². The summed E-state index contributed by atoms with van der Waals surface area (Å²) >= 11 is 0. The first-order valence-electron chi connectivity index (χ1n) is 9.20. The summed E-state index contributed by atoms with van der Waals surface area (Å²) in [6.07, 6.45) is -0.979. The summed E-state index contributed by atoms with van der Waals surface area (Å²) in [5.41, 5.74) is 1.15. The minimum absolute atomic E-state index is 0.200. The number of hydrogen-bond acceptors (Lipinski definition) is 4. The van der Waals surface area contributed by atoms with Gasteiger partial charge in [0.05, 0.1) is 0 Å². The van der Waals surface area contributed by atoms with Crippen molar-refractivity contribution in [3.63, 3.8) is 0 Å². The highest BCUT2D eigenvalue weighted by Gasteiger charge is 2.30. The van der Waals surface area contributed by atoms with Gasteiger partial charge in [-0.05, 0) is 37.1 Å². The Morgan fingerprint density at radius 3 is 1.96 bits per heavy atom. The Labute approximate surface area is 165 Å². The van der Waals surface area contributed by atoms with Gasteiger partial charge in [-0.2, -0.15) is 0 Å². The summed E-state index contributed by atoms with van der Waals surface area (Å²) < 4.78 is 5.37. The van der Waals surface area contributed by atoms with E-state index in [9.17, 15) is 14.4 Å². The Kier molecular flexibility index (Phi) is 7.32. The van der Waals surface area contributed by atoms with E-state index in [0.717, 1.165) is 0 Å². The van der Waals surface area contributed by atoms with Crippen LogP contribution < -0.4 is 10.2 Å². The third-order valence-corrected chi connectivity index (χ3v) is 4.36. The van der Waals surface area contributed by atoms with Crippen molar-refractivity contribution in [3.8, 4) is 0 Å². The number of nitrogens with one attached hydrogen (secondary N) is 1. The van der Waals surface area contributed by atoms with Gasteiger partial charge < -0.3 is 15.0 Å². The largest absolute Gasteiger partial charge is 0.451 e. The third kappa shape index (κ3) is 5.42. The van der Waals surface area contributed by atoms with E-state index >= 15 is 0 Å². The maximum absolute atomic E-state index is 12.6. The topological polar surface area (TPSA) is 75.7 Å². The number of likely N-dealkylation sites (N-methyl/N-ethyl adjacent to an activating group) is 1. The molecule has 2 aromatic carbocycles. The zero-order valence-corrected chi connectivity index (χ0v) is 16.6. The first-order chi connectivity index (χ1) is 13.3. The van der Waals surface area contributed by atoms with Crippen LogP contribution in [0.25, 0.3) is 0 Å².